The summed E-state index contributed by atoms with van der Waals surface area (Å²) in [5.41, 5.74) is 1.36. The van der Waals surface area contributed by atoms with Crippen LogP contribution in [0.1, 0.15) is 5.56 Å². The average molecular weight is 256 g/mol. The van der Waals surface area contributed by atoms with Gasteiger partial charge >= 0.3 is 0 Å². The molecule has 0 spiro atoms. The fraction of sp³-hybridized carbons (Fsp3) is 0.182. The molecule has 0 aliphatic carbocycles. The molecule has 0 amide bonds. The second-order valence-corrected chi connectivity index (χ2v) is 5.96. The van der Waals surface area contributed by atoms with Gasteiger partial charge in [0.2, 0.25) is 0 Å². The molecule has 0 aliphatic rings. The fourth-order valence-corrected chi connectivity index (χ4v) is 3.42. The first-order chi connectivity index (χ1) is 7.41. The van der Waals surface area contributed by atoms with Gasteiger partial charge in [0.25, 0.3) is 0 Å². The molecule has 0 unspecified atom stereocenters. The number of nitrogens with zero attached hydrogens (tertiary/aromatic N) is 1. The summed E-state index contributed by atoms with van der Waals surface area (Å²) in [7, 11) is -3.35. The molecule has 84 valence electrons. The number of benzene rings is 1. The van der Waals surface area contributed by atoms with Crippen LogP contribution in [0.4, 0.5) is 0 Å². The molecule has 5 heteroatoms. The van der Waals surface area contributed by atoms with Gasteiger partial charge in [0.1, 0.15) is 10.0 Å². The molecular formula is C11H10ClNO2S. The molecule has 0 N–H and O–H groups in total. The standard InChI is InChI=1S/C11H10ClNO2S/c1-7-8-5-3-4-6-9(8)13-11(12)10(7)16(2,14)15/h3-6H,1-2H3. The van der Waals surface area contributed by atoms with E-state index in [2.05, 4.69) is 4.98 Å². The minimum Gasteiger partial charge on any atom is -0.235 e. The van der Waals surface area contributed by atoms with E-state index in [-0.39, 0.29) is 10.0 Å². The minimum atomic E-state index is -3.35. The minimum absolute atomic E-state index is 0.0405. The van der Waals surface area contributed by atoms with E-state index in [1.807, 2.05) is 18.2 Å². The molecule has 0 bridgehead atoms. The maximum atomic E-state index is 11.6. The second-order valence-electron chi connectivity index (χ2n) is 3.65. The number of para-hydroxylation sites is 1. The number of pyridine rings is 1. The van der Waals surface area contributed by atoms with Crippen molar-refractivity contribution in [3.05, 3.63) is 35.0 Å². The first kappa shape index (κ1) is 11.4. The van der Waals surface area contributed by atoms with Crippen LogP contribution >= 0.6 is 11.6 Å². The highest BCUT2D eigenvalue weighted by molar-refractivity contribution is 7.90. The summed E-state index contributed by atoms with van der Waals surface area (Å²) < 4.78 is 23.2. The van der Waals surface area contributed by atoms with E-state index < -0.39 is 9.84 Å². The van der Waals surface area contributed by atoms with Crippen molar-refractivity contribution in [3.8, 4) is 0 Å². The highest BCUT2D eigenvalue weighted by Crippen LogP contribution is 2.29. The number of halogens is 1. The summed E-state index contributed by atoms with van der Waals surface area (Å²) in [6, 6.07) is 7.32. The van der Waals surface area contributed by atoms with Gasteiger partial charge < -0.3 is 0 Å². The summed E-state index contributed by atoms with van der Waals surface area (Å²) in [6.07, 6.45) is 1.14. The van der Waals surface area contributed by atoms with Gasteiger partial charge in [-0.25, -0.2) is 13.4 Å². The Morgan fingerprint density at radius 2 is 1.88 bits per heavy atom. The predicted octanol–water partition coefficient (Wildman–Crippen LogP) is 2.60. The van der Waals surface area contributed by atoms with Gasteiger partial charge in [-0.15, -0.1) is 0 Å². The lowest BCUT2D eigenvalue weighted by molar-refractivity contribution is 0.601. The van der Waals surface area contributed by atoms with E-state index in [9.17, 15) is 8.42 Å². The van der Waals surface area contributed by atoms with Crippen molar-refractivity contribution < 1.29 is 8.42 Å². The van der Waals surface area contributed by atoms with Crippen molar-refractivity contribution in [2.45, 2.75) is 11.8 Å². The van der Waals surface area contributed by atoms with Gasteiger partial charge in [-0.2, -0.15) is 0 Å². The molecule has 1 aromatic heterocycles. The Balaban J connectivity index is 2.98. The number of sulfone groups is 1. The zero-order chi connectivity index (χ0) is 11.9. The lowest BCUT2D eigenvalue weighted by Gasteiger charge is -2.08. The summed E-state index contributed by atoms with van der Waals surface area (Å²) in [5.74, 6) is 0. The van der Waals surface area contributed by atoms with Crippen LogP contribution in [0.15, 0.2) is 29.2 Å². The Morgan fingerprint density at radius 1 is 1.25 bits per heavy atom. The van der Waals surface area contributed by atoms with Crippen molar-refractivity contribution in [1.82, 2.24) is 4.98 Å². The Bertz CT molecular complexity index is 665. The molecule has 0 radical (unpaired) electrons. The summed E-state index contributed by atoms with van der Waals surface area (Å²) in [6.45, 7) is 1.74. The van der Waals surface area contributed by atoms with Crippen LogP contribution in [0.3, 0.4) is 0 Å². The van der Waals surface area contributed by atoms with Crippen LogP contribution in [0.25, 0.3) is 10.9 Å². The van der Waals surface area contributed by atoms with Gasteiger partial charge in [-0.3, -0.25) is 0 Å². The van der Waals surface area contributed by atoms with Gasteiger partial charge in [0.15, 0.2) is 9.84 Å². The molecule has 0 aliphatic heterocycles. The number of aryl methyl sites for hydroxylation is 1. The van der Waals surface area contributed by atoms with Crippen LogP contribution < -0.4 is 0 Å². The molecular weight excluding hydrogens is 246 g/mol. The normalized spacial score (nSPS) is 11.9. The number of hydrogen-bond acceptors (Lipinski definition) is 3. The zero-order valence-electron chi connectivity index (χ0n) is 8.86. The van der Waals surface area contributed by atoms with Crippen molar-refractivity contribution in [2.24, 2.45) is 0 Å². The van der Waals surface area contributed by atoms with Crippen molar-refractivity contribution >= 4 is 32.3 Å². The largest absolute Gasteiger partial charge is 0.235 e. The molecule has 2 aromatic rings. The SMILES string of the molecule is Cc1c(S(C)(=O)=O)c(Cl)nc2ccccc12. The third-order valence-corrected chi connectivity index (χ3v) is 4.05. The topological polar surface area (TPSA) is 47.0 Å². The third kappa shape index (κ3) is 1.79. The smallest absolute Gasteiger partial charge is 0.178 e. The van der Waals surface area contributed by atoms with Crippen LogP contribution in [0.5, 0.6) is 0 Å². The molecule has 2 rings (SSSR count). The molecule has 0 saturated heterocycles. The first-order valence-electron chi connectivity index (χ1n) is 4.66. The molecule has 0 atom stereocenters. The Kier molecular flexibility index (Phi) is 2.64. The van der Waals surface area contributed by atoms with Crippen molar-refractivity contribution in [2.75, 3.05) is 6.26 Å². The first-order valence-corrected chi connectivity index (χ1v) is 6.93. The van der Waals surface area contributed by atoms with Gasteiger partial charge in [0, 0.05) is 11.6 Å². The predicted molar refractivity (Wildman–Crippen MR) is 64.6 cm³/mol. The van der Waals surface area contributed by atoms with E-state index in [1.165, 1.54) is 0 Å². The molecule has 0 saturated carbocycles. The van der Waals surface area contributed by atoms with Crippen molar-refractivity contribution in [1.29, 1.82) is 0 Å². The third-order valence-electron chi connectivity index (χ3n) is 2.43. The van der Waals surface area contributed by atoms with Gasteiger partial charge in [-0.05, 0) is 18.6 Å². The quantitative estimate of drug-likeness (QED) is 0.736. The maximum absolute atomic E-state index is 11.6. The van der Waals surface area contributed by atoms with Crippen LogP contribution in [-0.2, 0) is 9.84 Å². The Hall–Kier alpha value is -1.13. The Morgan fingerprint density at radius 3 is 2.50 bits per heavy atom. The average Bonchev–Trinajstić information content (AvgIpc) is 2.15. The highest BCUT2D eigenvalue weighted by atomic mass is 35.5. The fourth-order valence-electron chi connectivity index (χ4n) is 1.75. The lowest BCUT2D eigenvalue weighted by atomic mass is 10.1. The van der Waals surface area contributed by atoms with Crippen molar-refractivity contribution in [3.63, 3.8) is 0 Å². The van der Waals surface area contributed by atoms with Crippen LogP contribution in [0, 0.1) is 6.92 Å². The number of rotatable bonds is 1. The second kappa shape index (κ2) is 3.71. The number of fused-ring (bicyclic) bond motifs is 1. The number of hydrogen-bond donors (Lipinski definition) is 0. The van der Waals surface area contributed by atoms with Gasteiger partial charge in [-0.1, -0.05) is 29.8 Å². The van der Waals surface area contributed by atoms with E-state index in [0.29, 0.717) is 11.1 Å². The molecule has 1 heterocycles. The van der Waals surface area contributed by atoms with Gasteiger partial charge in [0.05, 0.1) is 5.52 Å². The zero-order valence-corrected chi connectivity index (χ0v) is 10.4. The highest BCUT2D eigenvalue weighted by Gasteiger charge is 2.18. The lowest BCUT2D eigenvalue weighted by Crippen LogP contribution is -2.03. The van der Waals surface area contributed by atoms with Crippen LogP contribution in [-0.4, -0.2) is 19.7 Å². The molecule has 16 heavy (non-hydrogen) atoms. The van der Waals surface area contributed by atoms with E-state index >= 15 is 0 Å². The molecule has 0 fully saturated rings. The Labute approximate surface area is 99.0 Å². The van der Waals surface area contributed by atoms with E-state index in [4.69, 9.17) is 11.6 Å². The van der Waals surface area contributed by atoms with E-state index in [0.717, 1.165) is 11.6 Å². The monoisotopic (exact) mass is 255 g/mol. The number of aromatic nitrogens is 1. The van der Waals surface area contributed by atoms with E-state index in [1.54, 1.807) is 13.0 Å². The summed E-state index contributed by atoms with van der Waals surface area (Å²) in [4.78, 5) is 4.21. The van der Waals surface area contributed by atoms with Crippen LogP contribution in [0.2, 0.25) is 5.15 Å². The summed E-state index contributed by atoms with van der Waals surface area (Å²) >= 11 is 5.90. The molecule has 3 nitrogen and oxygen atoms in total. The summed E-state index contributed by atoms with van der Waals surface area (Å²) in [5, 5.41) is 0.853. The molecule has 1 aromatic carbocycles. The maximum Gasteiger partial charge on any atom is 0.178 e.